The standard InChI is InChI=1S/C16H25N5O3/c17-14(23)13-8-18-16(20-11-4-2-6-24-9-11)21-15(13)19-10-3-1-5-12(22)7-10/h8,10-12,22H,1-7,9H2,(H2,17,23)(H2,18,19,20,21)/t10-,11?,12+/m1/s1. The fourth-order valence-corrected chi connectivity index (χ4v) is 3.27. The van der Waals surface area contributed by atoms with Crippen LogP contribution in [0.3, 0.4) is 0 Å². The Hall–Kier alpha value is -1.93. The van der Waals surface area contributed by atoms with E-state index in [4.69, 9.17) is 10.5 Å². The van der Waals surface area contributed by atoms with Crippen LogP contribution < -0.4 is 16.4 Å². The summed E-state index contributed by atoms with van der Waals surface area (Å²) in [5.41, 5.74) is 5.70. The zero-order chi connectivity index (χ0) is 16.9. The second kappa shape index (κ2) is 7.76. The lowest BCUT2D eigenvalue weighted by molar-refractivity contribution is 0.0874. The normalized spacial score (nSPS) is 27.5. The molecule has 1 saturated heterocycles. The Morgan fingerprint density at radius 2 is 2.08 bits per heavy atom. The first-order valence-electron chi connectivity index (χ1n) is 8.57. The molecule has 3 atom stereocenters. The fourth-order valence-electron chi connectivity index (χ4n) is 3.27. The van der Waals surface area contributed by atoms with Gasteiger partial charge >= 0.3 is 0 Å². The number of aromatic nitrogens is 2. The van der Waals surface area contributed by atoms with E-state index in [9.17, 15) is 9.90 Å². The third kappa shape index (κ3) is 4.33. The number of aliphatic hydroxyl groups is 1. The zero-order valence-electron chi connectivity index (χ0n) is 13.7. The largest absolute Gasteiger partial charge is 0.393 e. The van der Waals surface area contributed by atoms with Gasteiger partial charge in [-0.05, 0) is 38.5 Å². The van der Waals surface area contributed by atoms with E-state index >= 15 is 0 Å². The maximum atomic E-state index is 11.6. The first-order valence-corrected chi connectivity index (χ1v) is 8.57. The summed E-state index contributed by atoms with van der Waals surface area (Å²) in [6.07, 6.45) is 6.47. The highest BCUT2D eigenvalue weighted by Gasteiger charge is 2.23. The number of carbonyl (C=O) groups is 1. The number of nitrogens with one attached hydrogen (secondary N) is 2. The van der Waals surface area contributed by atoms with E-state index < -0.39 is 5.91 Å². The molecular weight excluding hydrogens is 310 g/mol. The third-order valence-electron chi connectivity index (χ3n) is 4.54. The van der Waals surface area contributed by atoms with Crippen LogP contribution in [-0.2, 0) is 4.74 Å². The van der Waals surface area contributed by atoms with Gasteiger partial charge in [-0.2, -0.15) is 4.98 Å². The summed E-state index contributed by atoms with van der Waals surface area (Å²) in [6, 6.07) is 0.246. The number of aliphatic hydroxyl groups excluding tert-OH is 1. The maximum Gasteiger partial charge on any atom is 0.254 e. The van der Waals surface area contributed by atoms with Crippen LogP contribution in [0.2, 0.25) is 0 Å². The second-order valence-corrected chi connectivity index (χ2v) is 6.54. The average Bonchev–Trinajstić information content (AvgIpc) is 2.56. The number of carbonyl (C=O) groups excluding carboxylic acids is 1. The third-order valence-corrected chi connectivity index (χ3v) is 4.54. The summed E-state index contributed by atoms with van der Waals surface area (Å²) in [5.74, 6) is 0.312. The number of nitrogens with two attached hydrogens (primary N) is 1. The van der Waals surface area contributed by atoms with Crippen molar-refractivity contribution in [3.05, 3.63) is 11.8 Å². The van der Waals surface area contributed by atoms with Crippen LogP contribution in [0.5, 0.6) is 0 Å². The van der Waals surface area contributed by atoms with Crippen molar-refractivity contribution in [2.45, 2.75) is 56.7 Å². The molecule has 24 heavy (non-hydrogen) atoms. The molecule has 1 aromatic heterocycles. The van der Waals surface area contributed by atoms with Gasteiger partial charge in [0, 0.05) is 18.8 Å². The number of rotatable bonds is 5. The quantitative estimate of drug-likeness (QED) is 0.630. The lowest BCUT2D eigenvalue weighted by Gasteiger charge is -2.28. The minimum atomic E-state index is -0.568. The van der Waals surface area contributed by atoms with Crippen LogP contribution in [0, 0.1) is 0 Å². The molecule has 1 amide bonds. The highest BCUT2D eigenvalue weighted by atomic mass is 16.5. The Bertz CT molecular complexity index is 577. The van der Waals surface area contributed by atoms with Crippen molar-refractivity contribution in [3.8, 4) is 0 Å². The lowest BCUT2D eigenvalue weighted by atomic mass is 9.93. The molecule has 2 aliphatic rings. The van der Waals surface area contributed by atoms with Gasteiger partial charge in [0.25, 0.3) is 5.91 Å². The van der Waals surface area contributed by atoms with Gasteiger partial charge in [0.2, 0.25) is 5.95 Å². The number of nitrogens with zero attached hydrogens (tertiary/aromatic N) is 2. The highest BCUT2D eigenvalue weighted by Crippen LogP contribution is 2.24. The molecule has 132 valence electrons. The van der Waals surface area contributed by atoms with Crippen molar-refractivity contribution in [3.63, 3.8) is 0 Å². The van der Waals surface area contributed by atoms with Gasteiger partial charge in [-0.15, -0.1) is 0 Å². The average molecular weight is 335 g/mol. The van der Waals surface area contributed by atoms with Crippen LogP contribution >= 0.6 is 0 Å². The molecule has 1 unspecified atom stereocenters. The van der Waals surface area contributed by atoms with Crippen LogP contribution in [0.25, 0.3) is 0 Å². The van der Waals surface area contributed by atoms with E-state index in [-0.39, 0.29) is 23.8 Å². The van der Waals surface area contributed by atoms with Gasteiger partial charge in [0.05, 0.1) is 24.3 Å². The van der Waals surface area contributed by atoms with Crippen LogP contribution in [0.4, 0.5) is 11.8 Å². The summed E-state index contributed by atoms with van der Waals surface area (Å²) in [5, 5.41) is 16.3. The molecule has 0 bridgehead atoms. The molecule has 1 saturated carbocycles. The summed E-state index contributed by atoms with van der Waals surface area (Å²) in [6.45, 7) is 1.41. The SMILES string of the molecule is NC(=O)c1cnc(NC2CCCOC2)nc1N[C@@H]1CCC[C@H](O)C1. The van der Waals surface area contributed by atoms with Crippen molar-refractivity contribution in [2.24, 2.45) is 5.73 Å². The number of ether oxygens (including phenoxy) is 1. The first kappa shape index (κ1) is 16.9. The molecule has 2 heterocycles. The van der Waals surface area contributed by atoms with E-state index in [2.05, 4.69) is 20.6 Å². The minimum absolute atomic E-state index is 0.0765. The smallest absolute Gasteiger partial charge is 0.254 e. The van der Waals surface area contributed by atoms with Crippen molar-refractivity contribution in [2.75, 3.05) is 23.8 Å². The van der Waals surface area contributed by atoms with Gasteiger partial charge in [-0.3, -0.25) is 4.79 Å². The number of hydrogen-bond donors (Lipinski definition) is 4. The summed E-state index contributed by atoms with van der Waals surface area (Å²) >= 11 is 0. The number of primary amides is 1. The molecule has 0 radical (unpaired) electrons. The predicted molar refractivity (Wildman–Crippen MR) is 89.9 cm³/mol. The number of amides is 1. The lowest BCUT2D eigenvalue weighted by Crippen LogP contribution is -2.33. The van der Waals surface area contributed by atoms with Crippen molar-refractivity contribution in [1.82, 2.24) is 9.97 Å². The monoisotopic (exact) mass is 335 g/mol. The summed E-state index contributed by atoms with van der Waals surface area (Å²) < 4.78 is 5.44. The molecule has 1 aliphatic carbocycles. The topological polar surface area (TPSA) is 122 Å². The first-order chi connectivity index (χ1) is 11.6. The van der Waals surface area contributed by atoms with E-state index in [1.165, 1.54) is 6.20 Å². The summed E-state index contributed by atoms with van der Waals surface area (Å²) in [4.78, 5) is 20.3. The van der Waals surface area contributed by atoms with Gasteiger partial charge < -0.3 is 26.2 Å². The fraction of sp³-hybridized carbons (Fsp3) is 0.688. The number of hydrogen-bond acceptors (Lipinski definition) is 7. The van der Waals surface area contributed by atoms with Gasteiger partial charge in [0.1, 0.15) is 5.82 Å². The molecule has 1 aromatic rings. The predicted octanol–water partition coefficient (Wildman–Crippen LogP) is 0.882. The molecule has 8 heteroatoms. The van der Waals surface area contributed by atoms with Gasteiger partial charge in [-0.1, -0.05) is 0 Å². The molecule has 1 aliphatic heterocycles. The molecule has 8 nitrogen and oxygen atoms in total. The summed E-state index contributed by atoms with van der Waals surface area (Å²) in [7, 11) is 0. The molecule has 0 aromatic carbocycles. The maximum absolute atomic E-state index is 11.6. The molecule has 0 spiro atoms. The molecular formula is C16H25N5O3. The molecule has 5 N–H and O–H groups in total. The van der Waals surface area contributed by atoms with Crippen LogP contribution in [0.1, 0.15) is 48.9 Å². The van der Waals surface area contributed by atoms with Crippen LogP contribution in [-0.4, -0.2) is 52.4 Å². The van der Waals surface area contributed by atoms with Crippen molar-refractivity contribution in [1.29, 1.82) is 0 Å². The Kier molecular flexibility index (Phi) is 5.47. The Morgan fingerprint density at radius 1 is 1.25 bits per heavy atom. The molecule has 3 rings (SSSR count). The Balaban J connectivity index is 1.73. The van der Waals surface area contributed by atoms with Gasteiger partial charge in [-0.25, -0.2) is 4.98 Å². The Labute approximate surface area is 141 Å². The Morgan fingerprint density at radius 3 is 2.79 bits per heavy atom. The van der Waals surface area contributed by atoms with E-state index in [1.54, 1.807) is 0 Å². The molecule has 2 fully saturated rings. The van der Waals surface area contributed by atoms with E-state index in [0.29, 0.717) is 24.8 Å². The van der Waals surface area contributed by atoms with Crippen molar-refractivity contribution < 1.29 is 14.6 Å². The van der Waals surface area contributed by atoms with Crippen LogP contribution in [0.15, 0.2) is 6.20 Å². The highest BCUT2D eigenvalue weighted by molar-refractivity contribution is 5.97. The zero-order valence-corrected chi connectivity index (χ0v) is 13.7. The van der Waals surface area contributed by atoms with Gasteiger partial charge in [0.15, 0.2) is 0 Å². The number of anilines is 2. The minimum Gasteiger partial charge on any atom is -0.393 e. The van der Waals surface area contributed by atoms with E-state index in [1.807, 2.05) is 0 Å². The van der Waals surface area contributed by atoms with Crippen molar-refractivity contribution >= 4 is 17.7 Å². The second-order valence-electron chi connectivity index (χ2n) is 6.54. The van der Waals surface area contributed by atoms with E-state index in [0.717, 1.165) is 38.7 Å².